The Morgan fingerprint density at radius 3 is 2.73 bits per heavy atom. The van der Waals surface area contributed by atoms with Crippen LogP contribution in [0.4, 0.5) is 20.6 Å². The number of amides is 2. The number of nitrogens with zero attached hydrogens (tertiary/aromatic N) is 2. The molecule has 1 aliphatic rings. The molecule has 0 radical (unpaired) electrons. The first kappa shape index (κ1) is 24.8. The monoisotopic (exact) mass is 500 g/mol. The van der Waals surface area contributed by atoms with Gasteiger partial charge in [-0.1, -0.05) is 38.7 Å². The number of nitrogens with one attached hydrogen (secondary N) is 3. The number of carbonyl (C=O) groups is 1. The van der Waals surface area contributed by atoms with E-state index in [1.54, 1.807) is 23.6 Å². The largest absolute Gasteiger partial charge is 0.368 e. The van der Waals surface area contributed by atoms with Crippen LogP contribution in [0.3, 0.4) is 0 Å². The maximum atomic E-state index is 13.4. The molecule has 0 aliphatic carbocycles. The fourth-order valence-electron chi connectivity index (χ4n) is 4.15. The van der Waals surface area contributed by atoms with Crippen molar-refractivity contribution in [3.63, 3.8) is 0 Å². The second-order valence-corrected chi connectivity index (χ2v) is 10.2. The number of halogens is 1. The number of piperazine rings is 1. The lowest BCUT2D eigenvalue weighted by Gasteiger charge is -2.41. The minimum absolute atomic E-state index is 0.0526. The van der Waals surface area contributed by atoms with Gasteiger partial charge in [-0.2, -0.15) is 0 Å². The Kier molecular flexibility index (Phi) is 7.97. The third kappa shape index (κ3) is 7.55. The molecule has 7 heteroatoms. The molecule has 1 unspecified atom stereocenters. The van der Waals surface area contributed by atoms with Gasteiger partial charge in [-0.05, 0) is 60.0 Å². The van der Waals surface area contributed by atoms with Crippen LogP contribution in [0.1, 0.15) is 37.6 Å². The smallest absolute Gasteiger partial charge is 0.319 e. The van der Waals surface area contributed by atoms with E-state index < -0.39 is 0 Å². The van der Waals surface area contributed by atoms with Crippen molar-refractivity contribution < 1.29 is 10.6 Å². The highest BCUT2D eigenvalue weighted by Crippen LogP contribution is 2.28. The van der Waals surface area contributed by atoms with E-state index in [2.05, 4.69) is 53.1 Å². The van der Waals surface area contributed by atoms with Crippen LogP contribution in [-0.2, 0) is 6.42 Å². The molecule has 6 nitrogen and oxygen atoms in total. The zero-order chi connectivity index (χ0) is 27.1. The number of benzene rings is 2. The molecular weight excluding hydrogens is 465 g/mol. The Labute approximate surface area is 220 Å². The van der Waals surface area contributed by atoms with Crippen molar-refractivity contribution >= 4 is 17.4 Å². The van der Waals surface area contributed by atoms with Crippen LogP contribution >= 0.6 is 0 Å². The van der Waals surface area contributed by atoms with Gasteiger partial charge < -0.3 is 20.8 Å². The van der Waals surface area contributed by atoms with Crippen molar-refractivity contribution in [2.45, 2.75) is 33.2 Å². The molecule has 3 aromatic rings. The molecule has 3 N–H and O–H groups in total. The number of hydrogen-bond donors (Lipinski definition) is 3. The van der Waals surface area contributed by atoms with Crippen LogP contribution < -0.4 is 20.8 Å². The van der Waals surface area contributed by atoms with Crippen molar-refractivity contribution in [1.29, 1.82) is 0 Å². The van der Waals surface area contributed by atoms with Crippen LogP contribution in [0.2, 0.25) is 1.41 Å². The molecule has 1 saturated heterocycles. The van der Waals surface area contributed by atoms with E-state index in [4.69, 9.17) is 1.41 Å². The van der Waals surface area contributed by atoms with Crippen LogP contribution in [0.25, 0.3) is 0 Å². The van der Waals surface area contributed by atoms with Gasteiger partial charge in [-0.25, -0.2) is 9.18 Å². The minimum atomic E-state index is -0.307. The predicted molar refractivity (Wildman–Crippen MR) is 147 cm³/mol. The van der Waals surface area contributed by atoms with E-state index in [1.807, 2.05) is 36.4 Å². The van der Waals surface area contributed by atoms with Gasteiger partial charge in [0.2, 0.25) is 0 Å². The van der Waals surface area contributed by atoms with Crippen molar-refractivity contribution in [2.24, 2.45) is 5.41 Å². The first-order valence-electron chi connectivity index (χ1n) is 13.0. The second kappa shape index (κ2) is 11.9. The summed E-state index contributed by atoms with van der Waals surface area (Å²) in [7, 11) is 0. The molecule has 0 spiro atoms. The third-order valence-corrected chi connectivity index (χ3v) is 6.29. The summed E-state index contributed by atoms with van der Waals surface area (Å²) in [5.74, 6) is 6.05. The Bertz CT molecular complexity index is 1300. The number of carbonyl (C=O) groups excluding carboxylic acids is 1. The summed E-state index contributed by atoms with van der Waals surface area (Å²) in [6.07, 6.45) is 2.37. The van der Waals surface area contributed by atoms with Crippen LogP contribution in [0, 0.1) is 23.1 Å². The number of aromatic nitrogens is 1. The fraction of sp³-hybridized carbons (Fsp3) is 0.333. The van der Waals surface area contributed by atoms with E-state index in [0.717, 1.165) is 16.9 Å². The number of pyridine rings is 1. The summed E-state index contributed by atoms with van der Waals surface area (Å²) >= 11 is 0. The number of hydrogen-bond acceptors (Lipinski definition) is 4. The Morgan fingerprint density at radius 1 is 1.19 bits per heavy atom. The van der Waals surface area contributed by atoms with Gasteiger partial charge >= 0.3 is 6.03 Å². The summed E-state index contributed by atoms with van der Waals surface area (Å²) in [5.41, 5.74) is 3.88. The van der Waals surface area contributed by atoms with Gasteiger partial charge in [0.05, 0.1) is 11.3 Å². The zero-order valence-electron chi connectivity index (χ0n) is 22.6. The highest BCUT2D eigenvalue weighted by molar-refractivity contribution is 5.90. The lowest BCUT2D eigenvalue weighted by Crippen LogP contribution is -2.56. The first-order chi connectivity index (χ1) is 18.2. The number of anilines is 2. The molecule has 0 bridgehead atoms. The molecule has 4 rings (SSSR count). The lowest BCUT2D eigenvalue weighted by molar-refractivity contribution is 0.252. The summed E-state index contributed by atoms with van der Waals surface area (Å²) in [6, 6.07) is 17.2. The van der Waals surface area contributed by atoms with E-state index in [0.29, 0.717) is 43.9 Å². The second-order valence-electron chi connectivity index (χ2n) is 10.2. The molecule has 1 aliphatic heterocycles. The molecule has 1 fully saturated rings. The van der Waals surface area contributed by atoms with Gasteiger partial charge in [0, 0.05) is 61.8 Å². The summed E-state index contributed by atoms with van der Waals surface area (Å²) < 4.78 is 21.8. The molecule has 2 heterocycles. The zero-order valence-corrected chi connectivity index (χ0v) is 21.6. The van der Waals surface area contributed by atoms with Crippen LogP contribution in [-0.4, -0.2) is 43.2 Å². The number of urea groups is 1. The summed E-state index contributed by atoms with van der Waals surface area (Å²) in [4.78, 5) is 19.1. The molecule has 1 atom stereocenters. The topological polar surface area (TPSA) is 69.3 Å². The quantitative estimate of drug-likeness (QED) is 0.440. The predicted octanol–water partition coefficient (Wildman–Crippen LogP) is 4.81. The Morgan fingerprint density at radius 2 is 2.00 bits per heavy atom. The van der Waals surface area contributed by atoms with Crippen molar-refractivity contribution in [3.05, 3.63) is 89.5 Å². The van der Waals surface area contributed by atoms with Crippen LogP contribution in [0.5, 0.6) is 0 Å². The van der Waals surface area contributed by atoms with E-state index in [9.17, 15) is 9.18 Å². The van der Waals surface area contributed by atoms with Gasteiger partial charge in [0.15, 0.2) is 0 Å². The molecule has 192 valence electrons. The Balaban J connectivity index is 1.53. The molecular formula is C30H34FN5O. The average Bonchev–Trinajstić information content (AvgIpc) is 2.89. The highest BCUT2D eigenvalue weighted by Gasteiger charge is 2.30. The number of rotatable bonds is 5. The average molecular weight is 501 g/mol. The fourth-order valence-corrected chi connectivity index (χ4v) is 4.15. The molecule has 1 aromatic heterocycles. The summed E-state index contributed by atoms with van der Waals surface area (Å²) in [5, 5.41) is 7.44. The maximum Gasteiger partial charge on any atom is 0.319 e. The van der Waals surface area contributed by atoms with Crippen molar-refractivity contribution in [2.75, 3.05) is 36.4 Å². The summed E-state index contributed by atoms with van der Waals surface area (Å²) in [6.45, 7) is 8.92. The normalized spacial score (nSPS) is 16.4. The van der Waals surface area contributed by atoms with Crippen LogP contribution in [0.15, 0.2) is 66.9 Å². The molecule has 2 amide bonds. The van der Waals surface area contributed by atoms with Gasteiger partial charge in [0.25, 0.3) is 0 Å². The van der Waals surface area contributed by atoms with E-state index >= 15 is 0 Å². The molecule has 2 aromatic carbocycles. The third-order valence-electron chi connectivity index (χ3n) is 6.29. The first-order valence-corrected chi connectivity index (χ1v) is 12.6. The van der Waals surface area contributed by atoms with Crippen molar-refractivity contribution in [1.82, 2.24) is 15.6 Å². The van der Waals surface area contributed by atoms with Crippen molar-refractivity contribution in [3.8, 4) is 11.8 Å². The highest BCUT2D eigenvalue weighted by atomic mass is 19.1. The van der Waals surface area contributed by atoms with Gasteiger partial charge in [-0.15, -0.1) is 0 Å². The van der Waals surface area contributed by atoms with Gasteiger partial charge in [0.1, 0.15) is 7.23 Å². The molecule has 37 heavy (non-hydrogen) atoms. The standard InChI is InChI=1S/C30H34FN5O/c1-30(2,3)28-21-36(19-18-33-28)27-14-13-26(20-23(27)10-7-22-8-11-24(31)12-9-22)35-29(37)34-17-15-25-6-4-5-16-32-25/h4-6,8-9,11-14,16,20,28,33H,15,17-19,21H2,1-3H3,(H2,34,35,37)/i/hD. The lowest BCUT2D eigenvalue weighted by atomic mass is 9.85. The van der Waals surface area contributed by atoms with Gasteiger partial charge in [-0.3, -0.25) is 4.98 Å². The molecule has 0 saturated carbocycles. The maximum absolute atomic E-state index is 13.4. The van der Waals surface area contributed by atoms with E-state index in [-0.39, 0.29) is 23.3 Å². The SMILES string of the molecule is [2H]N1CCN(c2ccc(NC(=O)NCCc3ccccn3)cc2C#Cc2ccc(F)cc2)CC1C(C)(C)C. The van der Waals surface area contributed by atoms with E-state index in [1.165, 1.54) is 12.1 Å². The minimum Gasteiger partial charge on any atom is -0.368 e. The Hall–Kier alpha value is -3.89.